The highest BCUT2D eigenvalue weighted by atomic mass is 16.3. The molecule has 1 nitrogen and oxygen atoms in total. The summed E-state index contributed by atoms with van der Waals surface area (Å²) in [6.45, 7) is 4.44. The molecule has 0 aromatic carbocycles. The molecule has 0 aliphatic rings. The van der Waals surface area contributed by atoms with Gasteiger partial charge < -0.3 is 4.42 Å². The number of rotatable bonds is 3. The van der Waals surface area contributed by atoms with Crippen LogP contribution >= 0.6 is 0 Å². The van der Waals surface area contributed by atoms with E-state index >= 15 is 0 Å². The molecule has 0 saturated carbocycles. The number of hydrogen-bond donors (Lipinski definition) is 0. The monoisotopic (exact) mass is 138 g/mol. The first-order valence-corrected chi connectivity index (χ1v) is 3.86. The molecule has 0 spiro atoms. The van der Waals surface area contributed by atoms with E-state index in [1.807, 2.05) is 12.3 Å². The Morgan fingerprint density at radius 2 is 2.40 bits per heavy atom. The number of furan rings is 1. The van der Waals surface area contributed by atoms with E-state index in [9.17, 15) is 0 Å². The van der Waals surface area contributed by atoms with Crippen molar-refractivity contribution >= 4 is 0 Å². The van der Waals surface area contributed by atoms with Crippen LogP contribution in [-0.2, 0) is 0 Å². The second-order valence-electron chi connectivity index (χ2n) is 2.75. The van der Waals surface area contributed by atoms with E-state index in [4.69, 9.17) is 4.42 Å². The summed E-state index contributed by atoms with van der Waals surface area (Å²) in [4.78, 5) is 0. The Kier molecular flexibility index (Phi) is 2.55. The molecule has 1 heteroatoms. The molecule has 1 aromatic heterocycles. The predicted octanol–water partition coefficient (Wildman–Crippen LogP) is 3.18. The van der Waals surface area contributed by atoms with Gasteiger partial charge in [0.05, 0.1) is 12.5 Å². The van der Waals surface area contributed by atoms with Crippen molar-refractivity contribution in [3.63, 3.8) is 0 Å². The third-order valence-electron chi connectivity index (χ3n) is 1.83. The van der Waals surface area contributed by atoms with Crippen molar-refractivity contribution in [1.29, 1.82) is 0 Å². The molecule has 1 atom stereocenters. The Morgan fingerprint density at radius 1 is 1.60 bits per heavy atom. The summed E-state index contributed by atoms with van der Waals surface area (Å²) in [6.07, 6.45) is 6.06. The van der Waals surface area contributed by atoms with Crippen molar-refractivity contribution in [2.45, 2.75) is 32.6 Å². The van der Waals surface area contributed by atoms with Gasteiger partial charge in [0.15, 0.2) is 0 Å². The minimum atomic E-state index is 0.656. The Morgan fingerprint density at radius 3 is 2.90 bits per heavy atom. The van der Waals surface area contributed by atoms with E-state index < -0.39 is 0 Å². The smallest absolute Gasteiger partial charge is 0.0937 e. The molecule has 0 aliphatic carbocycles. The molecule has 10 heavy (non-hydrogen) atoms. The highest BCUT2D eigenvalue weighted by Gasteiger charge is 2.03. The van der Waals surface area contributed by atoms with Gasteiger partial charge in [0.25, 0.3) is 0 Å². The fourth-order valence-corrected chi connectivity index (χ4v) is 1.16. The van der Waals surface area contributed by atoms with Gasteiger partial charge in [-0.05, 0) is 24.0 Å². The topological polar surface area (TPSA) is 13.1 Å². The van der Waals surface area contributed by atoms with Crippen molar-refractivity contribution in [3.05, 3.63) is 24.2 Å². The second kappa shape index (κ2) is 3.45. The SMILES string of the molecule is CCCC(C)c1ccoc1. The molecule has 1 rings (SSSR count). The van der Waals surface area contributed by atoms with Crippen LogP contribution in [0.4, 0.5) is 0 Å². The molecule has 0 fully saturated rings. The summed E-state index contributed by atoms with van der Waals surface area (Å²) in [5.41, 5.74) is 1.32. The Hall–Kier alpha value is -0.720. The van der Waals surface area contributed by atoms with E-state index in [2.05, 4.69) is 13.8 Å². The maximum Gasteiger partial charge on any atom is 0.0937 e. The van der Waals surface area contributed by atoms with Gasteiger partial charge in [-0.2, -0.15) is 0 Å². The molecule has 0 saturated heterocycles. The fourth-order valence-electron chi connectivity index (χ4n) is 1.16. The molecule has 56 valence electrons. The molecular formula is C9H14O. The van der Waals surface area contributed by atoms with Gasteiger partial charge in [-0.25, -0.2) is 0 Å². The highest BCUT2D eigenvalue weighted by molar-refractivity contribution is 5.10. The van der Waals surface area contributed by atoms with Crippen LogP contribution in [0.25, 0.3) is 0 Å². The Bertz CT molecular complexity index is 165. The molecule has 0 amide bonds. The van der Waals surface area contributed by atoms with Gasteiger partial charge in [-0.3, -0.25) is 0 Å². The van der Waals surface area contributed by atoms with Gasteiger partial charge >= 0.3 is 0 Å². The zero-order chi connectivity index (χ0) is 7.40. The third kappa shape index (κ3) is 1.63. The third-order valence-corrected chi connectivity index (χ3v) is 1.83. The Balaban J connectivity index is 2.50. The van der Waals surface area contributed by atoms with Crippen LogP contribution in [0.2, 0.25) is 0 Å². The molecule has 0 N–H and O–H groups in total. The van der Waals surface area contributed by atoms with Gasteiger partial charge in [0.2, 0.25) is 0 Å². The molecular weight excluding hydrogens is 124 g/mol. The van der Waals surface area contributed by atoms with Gasteiger partial charge in [0.1, 0.15) is 0 Å². The maximum absolute atomic E-state index is 4.98. The molecule has 0 aliphatic heterocycles. The van der Waals surface area contributed by atoms with Crippen molar-refractivity contribution < 1.29 is 4.42 Å². The van der Waals surface area contributed by atoms with Crippen LogP contribution in [0.15, 0.2) is 23.0 Å². The van der Waals surface area contributed by atoms with Crippen LogP contribution in [0.1, 0.15) is 38.2 Å². The first kappa shape index (κ1) is 7.39. The van der Waals surface area contributed by atoms with E-state index in [-0.39, 0.29) is 0 Å². The first-order chi connectivity index (χ1) is 4.84. The van der Waals surface area contributed by atoms with Gasteiger partial charge in [-0.15, -0.1) is 0 Å². The lowest BCUT2D eigenvalue weighted by Crippen LogP contribution is -1.88. The molecule has 0 radical (unpaired) electrons. The summed E-state index contributed by atoms with van der Waals surface area (Å²) in [7, 11) is 0. The maximum atomic E-state index is 4.98. The summed E-state index contributed by atoms with van der Waals surface area (Å²) in [5, 5.41) is 0. The fraction of sp³-hybridized carbons (Fsp3) is 0.556. The largest absolute Gasteiger partial charge is 0.472 e. The van der Waals surface area contributed by atoms with Crippen molar-refractivity contribution in [1.82, 2.24) is 0 Å². The van der Waals surface area contributed by atoms with Crippen LogP contribution in [0.3, 0.4) is 0 Å². The zero-order valence-corrected chi connectivity index (χ0v) is 6.63. The van der Waals surface area contributed by atoms with Gasteiger partial charge in [0, 0.05) is 0 Å². The first-order valence-electron chi connectivity index (χ1n) is 3.86. The second-order valence-corrected chi connectivity index (χ2v) is 2.75. The van der Waals surface area contributed by atoms with Crippen molar-refractivity contribution in [2.24, 2.45) is 0 Å². The molecule has 1 heterocycles. The van der Waals surface area contributed by atoms with Gasteiger partial charge in [-0.1, -0.05) is 20.3 Å². The highest BCUT2D eigenvalue weighted by Crippen LogP contribution is 2.19. The van der Waals surface area contributed by atoms with Crippen LogP contribution < -0.4 is 0 Å². The van der Waals surface area contributed by atoms with E-state index in [1.54, 1.807) is 6.26 Å². The summed E-state index contributed by atoms with van der Waals surface area (Å²) >= 11 is 0. The standard InChI is InChI=1S/C9H14O/c1-3-4-8(2)9-5-6-10-7-9/h5-8H,3-4H2,1-2H3. The Labute approximate surface area is 62.1 Å². The lowest BCUT2D eigenvalue weighted by Gasteiger charge is -2.04. The van der Waals surface area contributed by atoms with E-state index in [1.165, 1.54) is 18.4 Å². The summed E-state index contributed by atoms with van der Waals surface area (Å²) < 4.78 is 4.98. The minimum Gasteiger partial charge on any atom is -0.472 e. The lowest BCUT2D eigenvalue weighted by molar-refractivity contribution is 0.556. The number of hydrogen-bond acceptors (Lipinski definition) is 1. The molecule has 1 aromatic rings. The van der Waals surface area contributed by atoms with Crippen LogP contribution in [0.5, 0.6) is 0 Å². The van der Waals surface area contributed by atoms with Crippen molar-refractivity contribution in [3.8, 4) is 0 Å². The van der Waals surface area contributed by atoms with Crippen LogP contribution in [-0.4, -0.2) is 0 Å². The summed E-state index contributed by atoms with van der Waals surface area (Å²) in [6, 6.07) is 2.04. The zero-order valence-electron chi connectivity index (χ0n) is 6.63. The van der Waals surface area contributed by atoms with Crippen molar-refractivity contribution in [2.75, 3.05) is 0 Å². The van der Waals surface area contributed by atoms with E-state index in [0.717, 1.165) is 0 Å². The molecule has 1 unspecified atom stereocenters. The summed E-state index contributed by atoms with van der Waals surface area (Å²) in [5.74, 6) is 0.656. The average Bonchev–Trinajstić information content (AvgIpc) is 2.38. The normalized spacial score (nSPS) is 13.4. The average molecular weight is 138 g/mol. The lowest BCUT2D eigenvalue weighted by atomic mass is 10.00. The minimum absolute atomic E-state index is 0.656. The predicted molar refractivity (Wildman–Crippen MR) is 42.0 cm³/mol. The van der Waals surface area contributed by atoms with E-state index in [0.29, 0.717) is 5.92 Å². The molecule has 0 bridgehead atoms. The quantitative estimate of drug-likeness (QED) is 0.625. The van der Waals surface area contributed by atoms with Crippen LogP contribution in [0, 0.1) is 0 Å².